The van der Waals surface area contributed by atoms with Crippen LogP contribution in [0, 0.1) is 0 Å². The zero-order valence-corrected chi connectivity index (χ0v) is 13.9. The van der Waals surface area contributed by atoms with Crippen LogP contribution in [0.2, 0.25) is 10.0 Å². The first-order valence-corrected chi connectivity index (χ1v) is 7.22. The quantitative estimate of drug-likeness (QED) is 0.764. The zero-order chi connectivity index (χ0) is 16.3. The summed E-state index contributed by atoms with van der Waals surface area (Å²) >= 11 is 11.9. The standard InChI is InChI=1S/C15H15Cl2NO4/c1-15(2,14(19)20-3)21-8-10-7-13(18-22-10)9-4-5-11(16)12(17)6-9/h4-7H,8H2,1-3H3. The Balaban J connectivity index is 2.08. The van der Waals surface area contributed by atoms with E-state index in [-0.39, 0.29) is 6.61 Å². The van der Waals surface area contributed by atoms with Crippen LogP contribution in [0.1, 0.15) is 19.6 Å². The second kappa shape index (κ2) is 6.69. The van der Waals surface area contributed by atoms with E-state index >= 15 is 0 Å². The first-order valence-electron chi connectivity index (χ1n) is 6.47. The molecule has 1 heterocycles. The van der Waals surface area contributed by atoms with Crippen LogP contribution in [-0.2, 0) is 20.9 Å². The Hall–Kier alpha value is -1.56. The number of methoxy groups -OCH3 is 1. The number of carbonyl (C=O) groups is 1. The van der Waals surface area contributed by atoms with E-state index < -0.39 is 11.6 Å². The minimum absolute atomic E-state index is 0.0937. The normalized spacial score (nSPS) is 11.5. The smallest absolute Gasteiger partial charge is 0.337 e. The molecular weight excluding hydrogens is 329 g/mol. The van der Waals surface area contributed by atoms with E-state index in [1.165, 1.54) is 7.11 Å². The van der Waals surface area contributed by atoms with Crippen molar-refractivity contribution in [3.63, 3.8) is 0 Å². The third-order valence-electron chi connectivity index (χ3n) is 3.03. The number of carbonyl (C=O) groups excluding carboxylic acids is 1. The van der Waals surface area contributed by atoms with Gasteiger partial charge in [-0.2, -0.15) is 0 Å². The Kier molecular flexibility index (Phi) is 5.11. The van der Waals surface area contributed by atoms with Gasteiger partial charge >= 0.3 is 5.97 Å². The van der Waals surface area contributed by atoms with Gasteiger partial charge in [0.1, 0.15) is 12.3 Å². The third kappa shape index (κ3) is 3.80. The number of halogens is 2. The van der Waals surface area contributed by atoms with Crippen LogP contribution in [0.15, 0.2) is 28.8 Å². The van der Waals surface area contributed by atoms with Crippen molar-refractivity contribution in [2.75, 3.05) is 7.11 Å². The van der Waals surface area contributed by atoms with E-state index in [2.05, 4.69) is 9.89 Å². The number of ether oxygens (including phenoxy) is 2. The van der Waals surface area contributed by atoms with Gasteiger partial charge in [0.15, 0.2) is 11.4 Å². The minimum Gasteiger partial charge on any atom is -0.467 e. The Morgan fingerprint density at radius 1 is 1.27 bits per heavy atom. The van der Waals surface area contributed by atoms with Gasteiger partial charge in [-0.3, -0.25) is 0 Å². The molecule has 0 N–H and O–H groups in total. The molecule has 5 nitrogen and oxygen atoms in total. The van der Waals surface area contributed by atoms with Crippen molar-refractivity contribution < 1.29 is 18.8 Å². The van der Waals surface area contributed by atoms with Crippen molar-refractivity contribution in [2.24, 2.45) is 0 Å². The monoisotopic (exact) mass is 343 g/mol. The Bertz CT molecular complexity index is 682. The lowest BCUT2D eigenvalue weighted by atomic mass is 10.1. The van der Waals surface area contributed by atoms with Crippen LogP contribution >= 0.6 is 23.2 Å². The predicted molar refractivity (Wildman–Crippen MR) is 82.8 cm³/mol. The van der Waals surface area contributed by atoms with Gasteiger partial charge in [0.05, 0.1) is 17.2 Å². The minimum atomic E-state index is -1.06. The summed E-state index contributed by atoms with van der Waals surface area (Å²) in [6, 6.07) is 6.89. The Morgan fingerprint density at radius 2 is 2.00 bits per heavy atom. The molecule has 7 heteroatoms. The lowest BCUT2D eigenvalue weighted by Gasteiger charge is -2.21. The largest absolute Gasteiger partial charge is 0.467 e. The second-order valence-electron chi connectivity index (χ2n) is 5.10. The maximum atomic E-state index is 11.5. The number of esters is 1. The Morgan fingerprint density at radius 3 is 2.64 bits per heavy atom. The molecule has 0 saturated heterocycles. The molecule has 0 atom stereocenters. The summed E-state index contributed by atoms with van der Waals surface area (Å²) in [5, 5.41) is 4.86. The molecule has 22 heavy (non-hydrogen) atoms. The van der Waals surface area contributed by atoms with E-state index in [1.807, 2.05) is 0 Å². The first-order chi connectivity index (χ1) is 10.3. The van der Waals surface area contributed by atoms with Crippen molar-refractivity contribution in [1.29, 1.82) is 0 Å². The van der Waals surface area contributed by atoms with E-state index in [4.69, 9.17) is 32.5 Å². The highest BCUT2D eigenvalue weighted by atomic mass is 35.5. The van der Waals surface area contributed by atoms with Gasteiger partial charge in [-0.1, -0.05) is 34.4 Å². The van der Waals surface area contributed by atoms with Gasteiger partial charge in [-0.05, 0) is 26.0 Å². The highest BCUT2D eigenvalue weighted by molar-refractivity contribution is 6.42. The van der Waals surface area contributed by atoms with Crippen molar-refractivity contribution in [2.45, 2.75) is 26.1 Å². The SMILES string of the molecule is COC(=O)C(C)(C)OCc1cc(-c2ccc(Cl)c(Cl)c2)no1. The number of hydrogen-bond acceptors (Lipinski definition) is 5. The van der Waals surface area contributed by atoms with Crippen molar-refractivity contribution in [1.82, 2.24) is 5.16 Å². The molecule has 2 aromatic rings. The van der Waals surface area contributed by atoms with E-state index in [0.29, 0.717) is 21.5 Å². The highest BCUT2D eigenvalue weighted by Crippen LogP contribution is 2.28. The van der Waals surface area contributed by atoms with Gasteiger partial charge in [0.25, 0.3) is 0 Å². The number of aromatic nitrogens is 1. The maximum Gasteiger partial charge on any atom is 0.337 e. The van der Waals surface area contributed by atoms with Gasteiger partial charge in [0, 0.05) is 11.6 Å². The average molecular weight is 344 g/mol. The molecule has 0 aliphatic carbocycles. The molecule has 118 valence electrons. The molecule has 0 bridgehead atoms. The van der Waals surface area contributed by atoms with E-state index in [0.717, 1.165) is 5.56 Å². The van der Waals surface area contributed by atoms with Crippen molar-refractivity contribution >= 4 is 29.2 Å². The van der Waals surface area contributed by atoms with Gasteiger partial charge in [0.2, 0.25) is 0 Å². The van der Waals surface area contributed by atoms with Gasteiger partial charge < -0.3 is 14.0 Å². The summed E-state index contributed by atoms with van der Waals surface area (Å²) in [6.45, 7) is 3.33. The molecule has 0 aliphatic heterocycles. The summed E-state index contributed by atoms with van der Waals surface area (Å²) in [5.74, 6) is 0.0229. The molecule has 2 rings (SSSR count). The summed E-state index contributed by atoms with van der Waals surface area (Å²) in [5.41, 5.74) is 0.315. The number of benzene rings is 1. The first kappa shape index (κ1) is 16.8. The van der Waals surface area contributed by atoms with E-state index in [9.17, 15) is 4.79 Å². The third-order valence-corrected chi connectivity index (χ3v) is 3.77. The summed E-state index contributed by atoms with van der Waals surface area (Å²) in [6.07, 6.45) is 0. The van der Waals surface area contributed by atoms with Crippen molar-refractivity contribution in [3.05, 3.63) is 40.1 Å². The average Bonchev–Trinajstić information content (AvgIpc) is 2.96. The van der Waals surface area contributed by atoms with Crippen LogP contribution in [0.5, 0.6) is 0 Å². The molecule has 0 fully saturated rings. The van der Waals surface area contributed by atoms with Crippen LogP contribution < -0.4 is 0 Å². The predicted octanol–water partition coefficient (Wildman–Crippen LogP) is 4.12. The lowest BCUT2D eigenvalue weighted by Crippen LogP contribution is -2.35. The number of hydrogen-bond donors (Lipinski definition) is 0. The number of nitrogens with zero attached hydrogens (tertiary/aromatic N) is 1. The molecule has 0 amide bonds. The van der Waals surface area contributed by atoms with E-state index in [1.54, 1.807) is 38.1 Å². The van der Waals surface area contributed by atoms with Gasteiger partial charge in [-0.25, -0.2) is 4.79 Å². The van der Waals surface area contributed by atoms with Crippen LogP contribution in [0.25, 0.3) is 11.3 Å². The van der Waals surface area contributed by atoms with Crippen LogP contribution in [0.3, 0.4) is 0 Å². The summed E-state index contributed by atoms with van der Waals surface area (Å²) in [4.78, 5) is 11.5. The maximum absolute atomic E-state index is 11.5. The second-order valence-corrected chi connectivity index (χ2v) is 5.91. The van der Waals surface area contributed by atoms with Crippen LogP contribution in [0.4, 0.5) is 0 Å². The number of rotatable bonds is 5. The molecule has 0 aliphatic rings. The fourth-order valence-electron chi connectivity index (χ4n) is 1.73. The molecular formula is C15H15Cl2NO4. The molecule has 0 spiro atoms. The van der Waals surface area contributed by atoms with Gasteiger partial charge in [-0.15, -0.1) is 0 Å². The molecule has 0 radical (unpaired) electrons. The van der Waals surface area contributed by atoms with Crippen molar-refractivity contribution in [3.8, 4) is 11.3 Å². The fraction of sp³-hybridized carbons (Fsp3) is 0.333. The molecule has 1 aromatic heterocycles. The molecule has 1 aromatic carbocycles. The fourth-order valence-corrected chi connectivity index (χ4v) is 2.03. The summed E-state index contributed by atoms with van der Waals surface area (Å²) in [7, 11) is 1.31. The highest BCUT2D eigenvalue weighted by Gasteiger charge is 2.30. The lowest BCUT2D eigenvalue weighted by molar-refractivity contribution is -0.167. The Labute approximate surface area is 138 Å². The van der Waals surface area contributed by atoms with Crippen LogP contribution in [-0.4, -0.2) is 23.8 Å². The topological polar surface area (TPSA) is 61.6 Å². The molecule has 0 saturated carbocycles. The molecule has 0 unspecified atom stereocenters. The summed E-state index contributed by atoms with van der Waals surface area (Å²) < 4.78 is 15.4. The zero-order valence-electron chi connectivity index (χ0n) is 12.4.